The molecule has 3 rings (SSSR count). The molecule has 0 aliphatic heterocycles. The number of hydrogen-bond acceptors (Lipinski definition) is 5. The van der Waals surface area contributed by atoms with Crippen molar-refractivity contribution in [3.8, 4) is 11.4 Å². The molecule has 0 aliphatic rings. The van der Waals surface area contributed by atoms with Crippen LogP contribution < -0.4 is 10.6 Å². The molecule has 0 bridgehead atoms. The van der Waals surface area contributed by atoms with Gasteiger partial charge in [-0.15, -0.1) is 0 Å². The number of nitrogens with one attached hydrogen (secondary N) is 2. The predicted octanol–water partition coefficient (Wildman–Crippen LogP) is 1.57. The van der Waals surface area contributed by atoms with Gasteiger partial charge < -0.3 is 9.88 Å². The number of hydrogen-bond donors (Lipinski definition) is 2. The van der Waals surface area contributed by atoms with E-state index >= 15 is 0 Å². The van der Waals surface area contributed by atoms with Crippen LogP contribution in [0.25, 0.3) is 22.6 Å². The maximum absolute atomic E-state index is 11.5. The van der Waals surface area contributed by atoms with Gasteiger partial charge in [0.2, 0.25) is 0 Å². The van der Waals surface area contributed by atoms with E-state index in [1.54, 1.807) is 30.9 Å². The molecule has 0 saturated carbocycles. The molecular formula is C14H15N7O. The number of amides is 2. The third kappa shape index (κ3) is 2.71. The fourth-order valence-electron chi connectivity index (χ4n) is 2.02. The van der Waals surface area contributed by atoms with Crippen molar-refractivity contribution in [2.45, 2.75) is 6.92 Å². The molecule has 0 unspecified atom stereocenters. The Labute approximate surface area is 126 Å². The van der Waals surface area contributed by atoms with Gasteiger partial charge in [-0.2, -0.15) is 0 Å². The number of rotatable bonds is 3. The number of anilines is 1. The second-order valence-corrected chi connectivity index (χ2v) is 4.67. The van der Waals surface area contributed by atoms with Crippen molar-refractivity contribution < 1.29 is 4.79 Å². The average molecular weight is 297 g/mol. The number of carbonyl (C=O) groups excluding carboxylic acids is 1. The number of aryl methyl sites for hydroxylation is 1. The number of carbonyl (C=O) groups is 1. The minimum atomic E-state index is -0.301. The summed E-state index contributed by atoms with van der Waals surface area (Å²) < 4.78 is 1.85. The second kappa shape index (κ2) is 5.76. The first-order chi connectivity index (χ1) is 10.7. The Morgan fingerprint density at radius 2 is 2.14 bits per heavy atom. The second-order valence-electron chi connectivity index (χ2n) is 4.67. The number of imidazole rings is 1. The third-order valence-electron chi connectivity index (χ3n) is 3.06. The van der Waals surface area contributed by atoms with Gasteiger partial charge in [-0.1, -0.05) is 0 Å². The highest BCUT2D eigenvalue weighted by molar-refractivity contribution is 5.89. The van der Waals surface area contributed by atoms with Crippen molar-refractivity contribution in [3.05, 3.63) is 30.9 Å². The first-order valence-corrected chi connectivity index (χ1v) is 6.82. The molecule has 112 valence electrons. The summed E-state index contributed by atoms with van der Waals surface area (Å²) in [5.41, 5.74) is 2.65. The molecule has 0 radical (unpaired) electrons. The highest BCUT2D eigenvalue weighted by Crippen LogP contribution is 2.18. The van der Waals surface area contributed by atoms with Crippen LogP contribution in [-0.2, 0) is 7.05 Å². The van der Waals surface area contributed by atoms with Crippen LogP contribution in [0.15, 0.2) is 30.9 Å². The van der Waals surface area contributed by atoms with Crippen LogP contribution in [0, 0.1) is 0 Å². The zero-order valence-electron chi connectivity index (χ0n) is 12.2. The van der Waals surface area contributed by atoms with Crippen LogP contribution in [0.3, 0.4) is 0 Å². The third-order valence-corrected chi connectivity index (χ3v) is 3.06. The van der Waals surface area contributed by atoms with Crippen LogP contribution in [0.1, 0.15) is 6.92 Å². The fraction of sp³-hybridized carbons (Fsp3) is 0.214. The molecule has 0 fully saturated rings. The maximum Gasteiger partial charge on any atom is 0.320 e. The van der Waals surface area contributed by atoms with Gasteiger partial charge in [0.05, 0.1) is 24.4 Å². The van der Waals surface area contributed by atoms with E-state index < -0.39 is 0 Å². The van der Waals surface area contributed by atoms with Gasteiger partial charge in [0.25, 0.3) is 0 Å². The van der Waals surface area contributed by atoms with Crippen molar-refractivity contribution in [2.75, 3.05) is 11.9 Å². The lowest BCUT2D eigenvalue weighted by Gasteiger charge is -2.06. The largest absolute Gasteiger partial charge is 0.338 e. The van der Waals surface area contributed by atoms with E-state index in [0.717, 1.165) is 5.69 Å². The number of fused-ring (bicyclic) bond motifs is 1. The molecule has 22 heavy (non-hydrogen) atoms. The van der Waals surface area contributed by atoms with Gasteiger partial charge in [-0.05, 0) is 19.1 Å². The summed E-state index contributed by atoms with van der Waals surface area (Å²) in [4.78, 5) is 28.8. The lowest BCUT2D eigenvalue weighted by molar-refractivity contribution is 0.252. The smallest absolute Gasteiger partial charge is 0.320 e. The van der Waals surface area contributed by atoms with Crippen LogP contribution >= 0.6 is 0 Å². The molecular weight excluding hydrogens is 282 g/mol. The van der Waals surface area contributed by atoms with Gasteiger partial charge in [-0.25, -0.2) is 19.7 Å². The summed E-state index contributed by atoms with van der Waals surface area (Å²) >= 11 is 0. The summed E-state index contributed by atoms with van der Waals surface area (Å²) in [6.45, 7) is 2.39. The van der Waals surface area contributed by atoms with E-state index in [0.29, 0.717) is 29.2 Å². The minimum Gasteiger partial charge on any atom is -0.338 e. The summed E-state index contributed by atoms with van der Waals surface area (Å²) in [6, 6.07) is 3.16. The van der Waals surface area contributed by atoms with E-state index in [9.17, 15) is 4.79 Å². The maximum atomic E-state index is 11.5. The molecule has 0 aromatic carbocycles. The van der Waals surface area contributed by atoms with Crippen molar-refractivity contribution in [2.24, 2.45) is 7.05 Å². The normalized spacial score (nSPS) is 10.6. The Hall–Kier alpha value is -3.03. The molecule has 0 spiro atoms. The standard InChI is InChI=1S/C14H15N7O/c1-3-16-14(22)20-12-5-4-9-13(19-12)18-10(6-17-9)11-7-15-8-21(11)2/h4-8H,3H2,1-2H3,(H2,16,18,19,20,22). The van der Waals surface area contributed by atoms with Crippen LogP contribution in [0.4, 0.5) is 10.6 Å². The Balaban J connectivity index is 1.96. The number of urea groups is 1. The molecule has 2 amide bonds. The molecule has 0 saturated heterocycles. The molecule has 3 aromatic rings. The van der Waals surface area contributed by atoms with E-state index in [1.165, 1.54) is 0 Å². The van der Waals surface area contributed by atoms with E-state index in [2.05, 4.69) is 30.6 Å². The van der Waals surface area contributed by atoms with E-state index in [-0.39, 0.29) is 6.03 Å². The van der Waals surface area contributed by atoms with Gasteiger partial charge in [-0.3, -0.25) is 10.3 Å². The Morgan fingerprint density at radius 3 is 2.86 bits per heavy atom. The first kappa shape index (κ1) is 13.9. The van der Waals surface area contributed by atoms with Crippen molar-refractivity contribution in [1.82, 2.24) is 29.8 Å². The molecule has 2 N–H and O–H groups in total. The van der Waals surface area contributed by atoms with Crippen LogP contribution in [0.5, 0.6) is 0 Å². The number of pyridine rings is 1. The molecule has 8 nitrogen and oxygen atoms in total. The Morgan fingerprint density at radius 1 is 1.27 bits per heavy atom. The molecule has 0 aliphatic carbocycles. The van der Waals surface area contributed by atoms with E-state index in [1.807, 2.05) is 18.5 Å². The van der Waals surface area contributed by atoms with Gasteiger partial charge in [0.15, 0.2) is 5.65 Å². The fourth-order valence-corrected chi connectivity index (χ4v) is 2.02. The van der Waals surface area contributed by atoms with Crippen molar-refractivity contribution in [3.63, 3.8) is 0 Å². The van der Waals surface area contributed by atoms with Crippen LogP contribution in [0.2, 0.25) is 0 Å². The molecule has 3 heterocycles. The predicted molar refractivity (Wildman–Crippen MR) is 82.2 cm³/mol. The molecule has 0 atom stereocenters. The zero-order chi connectivity index (χ0) is 15.5. The van der Waals surface area contributed by atoms with E-state index in [4.69, 9.17) is 0 Å². The average Bonchev–Trinajstić information content (AvgIpc) is 2.93. The Kier molecular flexibility index (Phi) is 3.65. The highest BCUT2D eigenvalue weighted by Gasteiger charge is 2.08. The topological polar surface area (TPSA) is 97.6 Å². The summed E-state index contributed by atoms with van der Waals surface area (Å²) in [5, 5.41) is 5.30. The SMILES string of the molecule is CCNC(=O)Nc1ccc2ncc(-c3cncn3C)nc2n1. The summed E-state index contributed by atoms with van der Waals surface area (Å²) in [7, 11) is 1.88. The van der Waals surface area contributed by atoms with Crippen LogP contribution in [-0.4, -0.2) is 37.1 Å². The van der Waals surface area contributed by atoms with Gasteiger partial charge >= 0.3 is 6.03 Å². The lowest BCUT2D eigenvalue weighted by Crippen LogP contribution is -2.28. The van der Waals surface area contributed by atoms with Crippen molar-refractivity contribution >= 4 is 23.0 Å². The number of nitrogens with zero attached hydrogens (tertiary/aromatic N) is 5. The summed E-state index contributed by atoms with van der Waals surface area (Å²) in [5.74, 6) is 0.426. The molecule has 8 heteroatoms. The highest BCUT2D eigenvalue weighted by atomic mass is 16.2. The molecule has 3 aromatic heterocycles. The Bertz CT molecular complexity index is 827. The first-order valence-electron chi connectivity index (χ1n) is 6.82. The van der Waals surface area contributed by atoms with Gasteiger partial charge in [0, 0.05) is 13.6 Å². The zero-order valence-corrected chi connectivity index (χ0v) is 12.2. The summed E-state index contributed by atoms with van der Waals surface area (Å²) in [6.07, 6.45) is 5.09. The van der Waals surface area contributed by atoms with Gasteiger partial charge in [0.1, 0.15) is 17.0 Å². The quantitative estimate of drug-likeness (QED) is 0.764. The lowest BCUT2D eigenvalue weighted by atomic mass is 10.3. The minimum absolute atomic E-state index is 0.301. The monoisotopic (exact) mass is 297 g/mol. The van der Waals surface area contributed by atoms with Crippen molar-refractivity contribution in [1.29, 1.82) is 0 Å². The number of aromatic nitrogens is 5.